The molecule has 26 heavy (non-hydrogen) atoms. The fraction of sp³-hybridized carbons (Fsp3) is 0.316. The molecule has 3 rings (SSSR count). The summed E-state index contributed by atoms with van der Waals surface area (Å²) in [6.45, 7) is 0.0733. The Bertz CT molecular complexity index is 1020. The smallest absolute Gasteiger partial charge is 0.201 e. The first-order valence-corrected chi connectivity index (χ1v) is 7.95. The Balaban J connectivity index is 2.56. The highest BCUT2D eigenvalue weighted by atomic mass is 16.7. The molecule has 0 saturated heterocycles. The van der Waals surface area contributed by atoms with Gasteiger partial charge in [-0.05, 0) is 12.1 Å². The van der Waals surface area contributed by atoms with E-state index in [1.807, 2.05) is 11.6 Å². The number of hydrogen-bond acceptors (Lipinski definition) is 6. The molecule has 1 heterocycles. The van der Waals surface area contributed by atoms with E-state index >= 15 is 0 Å². The monoisotopic (exact) mass is 359 g/mol. The summed E-state index contributed by atoms with van der Waals surface area (Å²) in [5.74, 6) is 1.88. The topological polar surface area (TPSA) is 68.2 Å². The largest absolute Gasteiger partial charge is 0.496 e. The second kappa shape index (κ2) is 7.13. The molecule has 0 aliphatic heterocycles. The van der Waals surface area contributed by atoms with Crippen LogP contribution in [-0.4, -0.2) is 39.8 Å². The van der Waals surface area contributed by atoms with E-state index in [2.05, 4.69) is 0 Å². The highest BCUT2D eigenvalue weighted by Gasteiger charge is 2.22. The molecule has 0 amide bonds. The van der Waals surface area contributed by atoms with Crippen molar-refractivity contribution in [3.8, 4) is 23.0 Å². The molecule has 0 aliphatic carbocycles. The minimum atomic E-state index is -0.172. The summed E-state index contributed by atoms with van der Waals surface area (Å²) in [5.41, 5.74) is 1.03. The van der Waals surface area contributed by atoms with Crippen LogP contribution in [0, 0.1) is 0 Å². The Morgan fingerprint density at radius 1 is 0.923 bits per heavy atom. The van der Waals surface area contributed by atoms with Crippen molar-refractivity contribution in [1.82, 2.24) is 4.57 Å². The quantitative estimate of drug-likeness (QED) is 0.498. The maximum Gasteiger partial charge on any atom is 0.201 e. The van der Waals surface area contributed by atoms with Crippen LogP contribution in [0.3, 0.4) is 0 Å². The number of aromatic nitrogens is 1. The highest BCUT2D eigenvalue weighted by Crippen LogP contribution is 2.41. The van der Waals surface area contributed by atoms with E-state index in [9.17, 15) is 4.79 Å². The van der Waals surface area contributed by atoms with Gasteiger partial charge in [-0.3, -0.25) is 4.79 Å². The van der Waals surface area contributed by atoms with Crippen LogP contribution in [0.1, 0.15) is 0 Å². The third-order valence-corrected chi connectivity index (χ3v) is 4.30. The molecular weight excluding hydrogens is 338 g/mol. The average molecular weight is 359 g/mol. The first-order valence-electron chi connectivity index (χ1n) is 7.95. The van der Waals surface area contributed by atoms with Gasteiger partial charge in [-0.2, -0.15) is 0 Å². The summed E-state index contributed by atoms with van der Waals surface area (Å²) in [7, 11) is 7.97. The molecule has 2 aromatic carbocycles. The molecule has 0 saturated carbocycles. The molecule has 7 heteroatoms. The zero-order valence-electron chi connectivity index (χ0n) is 15.4. The van der Waals surface area contributed by atoms with Gasteiger partial charge in [0.25, 0.3) is 0 Å². The van der Waals surface area contributed by atoms with Crippen molar-refractivity contribution >= 4 is 21.8 Å². The molecule has 0 radical (unpaired) electrons. The fourth-order valence-corrected chi connectivity index (χ4v) is 3.19. The van der Waals surface area contributed by atoms with Gasteiger partial charge in [0.05, 0.1) is 37.6 Å². The molecule has 0 aliphatic rings. The summed E-state index contributed by atoms with van der Waals surface area (Å²) in [5, 5.41) is 0.933. The van der Waals surface area contributed by atoms with Gasteiger partial charge in [-0.1, -0.05) is 6.07 Å². The van der Waals surface area contributed by atoms with Crippen LogP contribution in [0.2, 0.25) is 0 Å². The molecule has 7 nitrogen and oxygen atoms in total. The van der Waals surface area contributed by atoms with Gasteiger partial charge in [0.2, 0.25) is 5.43 Å². The summed E-state index contributed by atoms with van der Waals surface area (Å²) in [6, 6.07) is 6.97. The lowest BCUT2D eigenvalue weighted by atomic mass is 10.1. The summed E-state index contributed by atoms with van der Waals surface area (Å²) >= 11 is 0. The van der Waals surface area contributed by atoms with Gasteiger partial charge in [0.15, 0.2) is 18.3 Å². The number of fused-ring (bicyclic) bond motifs is 2. The molecule has 1 aromatic heterocycles. The third kappa shape index (κ3) is 2.61. The number of benzene rings is 2. The molecule has 3 aromatic rings. The Morgan fingerprint density at radius 3 is 2.27 bits per heavy atom. The first-order chi connectivity index (χ1) is 12.6. The number of methoxy groups -OCH3 is 4. The van der Waals surface area contributed by atoms with Crippen molar-refractivity contribution in [3.05, 3.63) is 34.5 Å². The SMILES string of the molecule is COCOc1cccc2c(=O)c3c(OC)cc(OC)c(OC)c3n(C)c12. The average Bonchev–Trinajstić information content (AvgIpc) is 2.68. The van der Waals surface area contributed by atoms with E-state index in [-0.39, 0.29) is 12.2 Å². The summed E-state index contributed by atoms with van der Waals surface area (Å²) in [6.07, 6.45) is 0. The van der Waals surface area contributed by atoms with E-state index in [4.69, 9.17) is 23.7 Å². The van der Waals surface area contributed by atoms with Crippen LogP contribution in [0.5, 0.6) is 23.0 Å². The number of rotatable bonds is 6. The number of aryl methyl sites for hydroxylation is 1. The molecule has 138 valence electrons. The predicted octanol–water partition coefficient (Wildman–Crippen LogP) is 2.70. The van der Waals surface area contributed by atoms with Crippen molar-refractivity contribution in [2.24, 2.45) is 7.05 Å². The maximum atomic E-state index is 13.2. The Hall–Kier alpha value is -2.93. The van der Waals surface area contributed by atoms with Gasteiger partial charge >= 0.3 is 0 Å². The van der Waals surface area contributed by atoms with E-state index in [0.29, 0.717) is 44.8 Å². The van der Waals surface area contributed by atoms with E-state index in [0.717, 1.165) is 0 Å². The lowest BCUT2D eigenvalue weighted by molar-refractivity contribution is 0.0520. The lowest BCUT2D eigenvalue weighted by Gasteiger charge is -2.19. The van der Waals surface area contributed by atoms with Crippen LogP contribution >= 0.6 is 0 Å². The highest BCUT2D eigenvalue weighted by molar-refractivity contribution is 6.02. The van der Waals surface area contributed by atoms with Gasteiger partial charge < -0.3 is 28.3 Å². The molecule has 0 unspecified atom stereocenters. The number of hydrogen-bond donors (Lipinski definition) is 0. The second-order valence-electron chi connectivity index (χ2n) is 5.63. The number of nitrogens with zero attached hydrogens (tertiary/aromatic N) is 1. The first kappa shape index (κ1) is 17.9. The van der Waals surface area contributed by atoms with Gasteiger partial charge in [-0.15, -0.1) is 0 Å². The molecule has 0 N–H and O–H groups in total. The van der Waals surface area contributed by atoms with Crippen molar-refractivity contribution in [2.75, 3.05) is 35.2 Å². The zero-order valence-corrected chi connectivity index (χ0v) is 15.4. The second-order valence-corrected chi connectivity index (χ2v) is 5.63. The van der Waals surface area contributed by atoms with Gasteiger partial charge in [0.1, 0.15) is 17.0 Å². The Kier molecular flexibility index (Phi) is 4.90. The van der Waals surface area contributed by atoms with Gasteiger partial charge in [-0.25, -0.2) is 0 Å². The van der Waals surface area contributed by atoms with Crippen LogP contribution in [-0.2, 0) is 11.8 Å². The molecule has 0 bridgehead atoms. The van der Waals surface area contributed by atoms with E-state index in [1.165, 1.54) is 28.4 Å². The molecular formula is C19H21NO6. The maximum absolute atomic E-state index is 13.2. The number of para-hydroxylation sites is 1. The number of ether oxygens (including phenoxy) is 5. The lowest BCUT2D eigenvalue weighted by Crippen LogP contribution is -2.13. The van der Waals surface area contributed by atoms with E-state index < -0.39 is 0 Å². The summed E-state index contributed by atoms with van der Waals surface area (Å²) < 4.78 is 28.9. The standard InChI is InChI=1S/C19H21NO6/c1-20-16-11(7-6-8-12(16)26-10-22-2)18(21)15-13(23-3)9-14(24-4)19(25-5)17(15)20/h6-9H,10H2,1-5H3. The van der Waals surface area contributed by atoms with E-state index in [1.54, 1.807) is 24.3 Å². The predicted molar refractivity (Wildman–Crippen MR) is 98.9 cm³/mol. The van der Waals surface area contributed by atoms with Crippen molar-refractivity contribution in [1.29, 1.82) is 0 Å². The third-order valence-electron chi connectivity index (χ3n) is 4.30. The van der Waals surface area contributed by atoms with Gasteiger partial charge in [0, 0.05) is 20.2 Å². The minimum Gasteiger partial charge on any atom is -0.496 e. The van der Waals surface area contributed by atoms with Crippen LogP contribution in [0.25, 0.3) is 21.8 Å². The van der Waals surface area contributed by atoms with Crippen molar-refractivity contribution in [2.45, 2.75) is 0 Å². The molecule has 0 spiro atoms. The Morgan fingerprint density at radius 2 is 1.65 bits per heavy atom. The van der Waals surface area contributed by atoms with Crippen LogP contribution < -0.4 is 24.4 Å². The zero-order chi connectivity index (χ0) is 18.8. The van der Waals surface area contributed by atoms with Crippen molar-refractivity contribution in [3.63, 3.8) is 0 Å². The fourth-order valence-electron chi connectivity index (χ4n) is 3.19. The summed E-state index contributed by atoms with van der Waals surface area (Å²) in [4.78, 5) is 13.2. The minimum absolute atomic E-state index is 0.0733. The normalized spacial score (nSPS) is 11.0. The van der Waals surface area contributed by atoms with Crippen LogP contribution in [0.4, 0.5) is 0 Å². The van der Waals surface area contributed by atoms with Crippen molar-refractivity contribution < 1.29 is 23.7 Å². The molecule has 0 atom stereocenters. The molecule has 0 fully saturated rings. The van der Waals surface area contributed by atoms with Crippen LogP contribution in [0.15, 0.2) is 29.1 Å². The number of pyridine rings is 1. The Labute approximate surface area is 150 Å².